The van der Waals surface area contributed by atoms with E-state index in [1.165, 1.54) is 11.8 Å². The lowest BCUT2D eigenvalue weighted by Crippen LogP contribution is -1.99. The van der Waals surface area contributed by atoms with Crippen LogP contribution in [0.25, 0.3) is 10.9 Å². The van der Waals surface area contributed by atoms with Crippen molar-refractivity contribution in [2.24, 2.45) is 0 Å². The molecule has 1 aromatic carbocycles. The Balaban J connectivity index is 2.03. The molecule has 0 unspecified atom stereocenters. The largest absolute Gasteiger partial charge is 0.236 e. The maximum atomic E-state index is 4.60. The van der Waals surface area contributed by atoms with Crippen LogP contribution in [0, 0.1) is 0 Å². The Morgan fingerprint density at radius 1 is 1.10 bits per heavy atom. The fourth-order valence-electron chi connectivity index (χ4n) is 1.88. The van der Waals surface area contributed by atoms with E-state index in [9.17, 15) is 0 Å². The fraction of sp³-hybridized carbons (Fsp3) is 0.200. The van der Waals surface area contributed by atoms with Gasteiger partial charge in [-0.05, 0) is 33.8 Å². The highest BCUT2D eigenvalue weighted by atomic mass is 79.9. The molecule has 0 N–H and O–H groups in total. The second kappa shape index (κ2) is 6.07. The van der Waals surface area contributed by atoms with Gasteiger partial charge in [0.25, 0.3) is 0 Å². The Bertz CT molecular complexity index is 786. The SMILES string of the molecule is CC(C)c1nc(Br)cc(Sc2ncnc3ccccc23)n1. The van der Waals surface area contributed by atoms with Crippen molar-refractivity contribution in [3.05, 3.63) is 47.1 Å². The quantitative estimate of drug-likeness (QED) is 0.645. The monoisotopic (exact) mass is 360 g/mol. The highest BCUT2D eigenvalue weighted by Crippen LogP contribution is 2.31. The van der Waals surface area contributed by atoms with Gasteiger partial charge in [0.15, 0.2) is 0 Å². The van der Waals surface area contributed by atoms with Crippen molar-refractivity contribution in [1.82, 2.24) is 19.9 Å². The van der Waals surface area contributed by atoms with Gasteiger partial charge < -0.3 is 0 Å². The number of hydrogen-bond donors (Lipinski definition) is 0. The van der Waals surface area contributed by atoms with Gasteiger partial charge in [-0.1, -0.05) is 32.0 Å². The summed E-state index contributed by atoms with van der Waals surface area (Å²) in [6, 6.07) is 9.88. The third-order valence-electron chi connectivity index (χ3n) is 2.91. The summed E-state index contributed by atoms with van der Waals surface area (Å²) in [7, 11) is 0. The van der Waals surface area contributed by atoms with Crippen molar-refractivity contribution in [1.29, 1.82) is 0 Å². The molecule has 0 amide bonds. The van der Waals surface area contributed by atoms with Crippen LogP contribution in [0.5, 0.6) is 0 Å². The predicted octanol–water partition coefficient (Wildman–Crippen LogP) is 4.46. The van der Waals surface area contributed by atoms with Gasteiger partial charge in [0.2, 0.25) is 0 Å². The van der Waals surface area contributed by atoms with Crippen LogP contribution in [-0.4, -0.2) is 19.9 Å². The van der Waals surface area contributed by atoms with Crippen molar-refractivity contribution in [3.63, 3.8) is 0 Å². The number of hydrogen-bond acceptors (Lipinski definition) is 5. The molecule has 2 aromatic heterocycles. The van der Waals surface area contributed by atoms with Gasteiger partial charge in [-0.25, -0.2) is 19.9 Å². The van der Waals surface area contributed by atoms with Crippen molar-refractivity contribution in [2.45, 2.75) is 29.8 Å². The summed E-state index contributed by atoms with van der Waals surface area (Å²) in [5.41, 5.74) is 0.937. The first-order chi connectivity index (χ1) is 10.1. The zero-order valence-corrected chi connectivity index (χ0v) is 14.0. The minimum absolute atomic E-state index is 0.281. The third kappa shape index (κ3) is 3.22. The van der Waals surface area contributed by atoms with Gasteiger partial charge in [0, 0.05) is 17.4 Å². The van der Waals surface area contributed by atoms with Crippen LogP contribution < -0.4 is 0 Å². The van der Waals surface area contributed by atoms with E-state index in [1.807, 2.05) is 30.3 Å². The molecule has 0 bridgehead atoms. The maximum absolute atomic E-state index is 4.60. The summed E-state index contributed by atoms with van der Waals surface area (Å²) in [6.45, 7) is 4.16. The second-order valence-electron chi connectivity index (χ2n) is 4.84. The van der Waals surface area contributed by atoms with Gasteiger partial charge in [-0.2, -0.15) is 0 Å². The van der Waals surface area contributed by atoms with Crippen molar-refractivity contribution in [2.75, 3.05) is 0 Å². The van der Waals surface area contributed by atoms with Crippen molar-refractivity contribution in [3.8, 4) is 0 Å². The molecule has 0 spiro atoms. The first-order valence-corrected chi connectivity index (χ1v) is 8.16. The number of benzene rings is 1. The lowest BCUT2D eigenvalue weighted by atomic mass is 10.2. The molecular formula is C15H13BrN4S. The summed E-state index contributed by atoms with van der Waals surface area (Å²) in [5.74, 6) is 1.11. The predicted molar refractivity (Wildman–Crippen MR) is 87.5 cm³/mol. The highest BCUT2D eigenvalue weighted by Gasteiger charge is 2.10. The van der Waals surface area contributed by atoms with Crippen LogP contribution in [0.4, 0.5) is 0 Å². The molecule has 0 radical (unpaired) electrons. The zero-order chi connectivity index (χ0) is 14.8. The summed E-state index contributed by atoms with van der Waals surface area (Å²) in [5, 5.41) is 2.82. The Labute approximate surface area is 135 Å². The molecule has 0 saturated heterocycles. The van der Waals surface area contributed by atoms with Gasteiger partial charge in [-0.15, -0.1) is 0 Å². The smallest absolute Gasteiger partial charge is 0.133 e. The molecule has 0 aliphatic carbocycles. The first-order valence-electron chi connectivity index (χ1n) is 6.55. The first kappa shape index (κ1) is 14.4. The van der Waals surface area contributed by atoms with Crippen LogP contribution in [0.3, 0.4) is 0 Å². The van der Waals surface area contributed by atoms with Crippen LogP contribution in [0.15, 0.2) is 51.3 Å². The van der Waals surface area contributed by atoms with Crippen LogP contribution in [0.1, 0.15) is 25.6 Å². The average molecular weight is 361 g/mol. The number of rotatable bonds is 3. The van der Waals surface area contributed by atoms with E-state index in [4.69, 9.17) is 0 Å². The van der Waals surface area contributed by atoms with Crippen LogP contribution in [-0.2, 0) is 0 Å². The van der Waals surface area contributed by atoms with Crippen LogP contribution in [0.2, 0.25) is 0 Å². The lowest BCUT2D eigenvalue weighted by Gasteiger charge is -2.08. The molecule has 0 aliphatic rings. The van der Waals surface area contributed by atoms with Gasteiger partial charge in [0.05, 0.1) is 5.52 Å². The topological polar surface area (TPSA) is 51.6 Å². The highest BCUT2D eigenvalue weighted by molar-refractivity contribution is 9.10. The summed E-state index contributed by atoms with van der Waals surface area (Å²) in [4.78, 5) is 17.7. The standard InChI is InChI=1S/C15H13BrN4S/c1-9(2)14-19-12(16)7-13(20-14)21-15-10-5-3-4-6-11(10)17-8-18-15/h3-9H,1-2H3. The molecule has 3 rings (SSSR count). The van der Waals surface area contributed by atoms with Gasteiger partial charge in [-0.3, -0.25) is 0 Å². The van der Waals surface area contributed by atoms with Crippen molar-refractivity contribution < 1.29 is 0 Å². The van der Waals surface area contributed by atoms with E-state index in [2.05, 4.69) is 49.7 Å². The molecule has 0 fully saturated rings. The van der Waals surface area contributed by atoms with Crippen LogP contribution >= 0.6 is 27.7 Å². The molecule has 0 aliphatic heterocycles. The third-order valence-corrected chi connectivity index (χ3v) is 4.26. The van der Waals surface area contributed by atoms with E-state index in [0.717, 1.165) is 31.4 Å². The number of halogens is 1. The maximum Gasteiger partial charge on any atom is 0.133 e. The number of para-hydroxylation sites is 1. The van der Waals surface area contributed by atoms with Gasteiger partial charge >= 0.3 is 0 Å². The summed E-state index contributed by atoms with van der Waals surface area (Å²) < 4.78 is 0.794. The number of nitrogens with zero attached hydrogens (tertiary/aromatic N) is 4. The molecule has 4 nitrogen and oxygen atoms in total. The van der Waals surface area contributed by atoms with E-state index >= 15 is 0 Å². The number of aromatic nitrogens is 4. The zero-order valence-electron chi connectivity index (χ0n) is 11.6. The lowest BCUT2D eigenvalue weighted by molar-refractivity contribution is 0.747. The Morgan fingerprint density at radius 3 is 2.71 bits per heavy atom. The second-order valence-corrected chi connectivity index (χ2v) is 6.66. The minimum atomic E-state index is 0.281. The normalized spacial score (nSPS) is 11.2. The van der Waals surface area contributed by atoms with Gasteiger partial charge in [0.1, 0.15) is 26.8 Å². The molecular weight excluding hydrogens is 348 g/mol. The van der Waals surface area contributed by atoms with E-state index in [-0.39, 0.29) is 5.92 Å². The van der Waals surface area contributed by atoms with E-state index < -0.39 is 0 Å². The molecule has 3 aromatic rings. The summed E-state index contributed by atoms with van der Waals surface area (Å²) >= 11 is 4.98. The molecule has 2 heterocycles. The molecule has 6 heteroatoms. The Morgan fingerprint density at radius 2 is 1.90 bits per heavy atom. The number of fused-ring (bicyclic) bond motifs is 1. The Hall–Kier alpha value is -1.53. The molecule has 21 heavy (non-hydrogen) atoms. The van der Waals surface area contributed by atoms with E-state index in [0.29, 0.717) is 0 Å². The molecule has 0 atom stereocenters. The van der Waals surface area contributed by atoms with Crippen molar-refractivity contribution >= 4 is 38.6 Å². The average Bonchev–Trinajstić information content (AvgIpc) is 2.47. The molecule has 106 valence electrons. The fourth-order valence-corrected chi connectivity index (χ4v) is 3.33. The Kier molecular flexibility index (Phi) is 4.17. The summed E-state index contributed by atoms with van der Waals surface area (Å²) in [6.07, 6.45) is 1.59. The molecule has 0 saturated carbocycles. The van der Waals surface area contributed by atoms with E-state index in [1.54, 1.807) is 6.33 Å². The minimum Gasteiger partial charge on any atom is -0.236 e.